The van der Waals surface area contributed by atoms with Gasteiger partial charge in [0, 0.05) is 19.6 Å². The van der Waals surface area contributed by atoms with E-state index in [0.29, 0.717) is 43.7 Å². The summed E-state index contributed by atoms with van der Waals surface area (Å²) < 4.78 is 0. The monoisotopic (exact) mass is 314 g/mol. The minimum Gasteiger partial charge on any atom is -0.481 e. The molecule has 2 aliphatic carbocycles. The molecule has 4 rings (SSSR count). The molecule has 1 saturated carbocycles. The van der Waals surface area contributed by atoms with Crippen LogP contribution >= 0.6 is 0 Å². The Bertz CT molecular complexity index is 637. The third-order valence-corrected chi connectivity index (χ3v) is 5.82. The van der Waals surface area contributed by atoms with Crippen molar-refractivity contribution in [3.05, 3.63) is 35.4 Å². The maximum absolute atomic E-state index is 12.2. The summed E-state index contributed by atoms with van der Waals surface area (Å²) in [5.41, 5.74) is 2.94. The quantitative estimate of drug-likeness (QED) is 0.897. The number of nitrogens with one attached hydrogen (secondary N) is 1. The minimum absolute atomic E-state index is 0.0351. The van der Waals surface area contributed by atoms with Crippen molar-refractivity contribution in [2.24, 2.45) is 17.8 Å². The van der Waals surface area contributed by atoms with Crippen LogP contribution in [-0.4, -0.2) is 41.6 Å². The predicted molar refractivity (Wildman–Crippen MR) is 85.2 cm³/mol. The normalized spacial score (nSPS) is 28.9. The van der Waals surface area contributed by atoms with Crippen LogP contribution in [0.3, 0.4) is 0 Å². The van der Waals surface area contributed by atoms with Crippen molar-refractivity contribution in [2.45, 2.75) is 25.2 Å². The second kappa shape index (κ2) is 5.55. The zero-order chi connectivity index (χ0) is 16.0. The molecule has 3 atom stereocenters. The number of hydrogen-bond donors (Lipinski definition) is 2. The van der Waals surface area contributed by atoms with Gasteiger partial charge in [0.15, 0.2) is 0 Å². The summed E-state index contributed by atoms with van der Waals surface area (Å²) in [4.78, 5) is 24.9. The van der Waals surface area contributed by atoms with Gasteiger partial charge in [0.2, 0.25) is 0 Å². The van der Waals surface area contributed by atoms with Gasteiger partial charge in [-0.15, -0.1) is 0 Å². The smallest absolute Gasteiger partial charge is 0.317 e. The van der Waals surface area contributed by atoms with Crippen molar-refractivity contribution in [2.75, 3.05) is 19.6 Å². The number of benzene rings is 1. The van der Waals surface area contributed by atoms with Gasteiger partial charge in [0.1, 0.15) is 0 Å². The van der Waals surface area contributed by atoms with E-state index >= 15 is 0 Å². The predicted octanol–water partition coefficient (Wildman–Crippen LogP) is 2.08. The van der Waals surface area contributed by atoms with Gasteiger partial charge in [0.25, 0.3) is 0 Å². The van der Waals surface area contributed by atoms with Crippen LogP contribution in [0.4, 0.5) is 4.79 Å². The highest BCUT2D eigenvalue weighted by atomic mass is 16.4. The van der Waals surface area contributed by atoms with Gasteiger partial charge in [-0.25, -0.2) is 4.79 Å². The number of fused-ring (bicyclic) bond motifs is 3. The Hall–Kier alpha value is -2.04. The van der Waals surface area contributed by atoms with Crippen LogP contribution in [-0.2, 0) is 11.2 Å². The van der Waals surface area contributed by atoms with Gasteiger partial charge >= 0.3 is 12.0 Å². The summed E-state index contributed by atoms with van der Waals surface area (Å²) in [6, 6.07) is 8.59. The van der Waals surface area contributed by atoms with Gasteiger partial charge < -0.3 is 15.3 Å². The molecule has 23 heavy (non-hydrogen) atoms. The fourth-order valence-electron chi connectivity index (χ4n) is 4.41. The van der Waals surface area contributed by atoms with Crippen molar-refractivity contribution in [3.8, 4) is 0 Å². The zero-order valence-electron chi connectivity index (χ0n) is 13.1. The van der Waals surface area contributed by atoms with Crippen LogP contribution in [0.5, 0.6) is 0 Å². The molecule has 5 nitrogen and oxygen atoms in total. The second-order valence-electron chi connectivity index (χ2n) is 7.04. The van der Waals surface area contributed by atoms with Crippen LogP contribution in [0.1, 0.15) is 29.9 Å². The number of carbonyl (C=O) groups excluding carboxylic acids is 1. The minimum atomic E-state index is -0.741. The molecule has 1 heterocycles. The maximum atomic E-state index is 12.2. The molecular formula is C18H22N2O3. The van der Waals surface area contributed by atoms with E-state index in [1.165, 1.54) is 11.1 Å². The van der Waals surface area contributed by atoms with Crippen molar-refractivity contribution < 1.29 is 14.7 Å². The molecule has 3 unspecified atom stereocenters. The standard InChI is InChI=1S/C18H22N2O3/c21-17(22)11-5-7-20(8-6-11)18(23)19-10-15-14-9-12-3-1-2-4-13(12)16(14)15/h1-4,11,14-16H,5-10H2,(H,19,23)(H,21,22). The van der Waals surface area contributed by atoms with E-state index < -0.39 is 5.97 Å². The van der Waals surface area contributed by atoms with Gasteiger partial charge in [-0.1, -0.05) is 24.3 Å². The first-order valence-corrected chi connectivity index (χ1v) is 8.48. The van der Waals surface area contributed by atoms with Crippen molar-refractivity contribution in [3.63, 3.8) is 0 Å². The molecule has 1 aromatic carbocycles. The number of hydrogen-bond acceptors (Lipinski definition) is 2. The number of piperidine rings is 1. The van der Waals surface area contributed by atoms with Crippen molar-refractivity contribution in [1.82, 2.24) is 10.2 Å². The fourth-order valence-corrected chi connectivity index (χ4v) is 4.41. The summed E-state index contributed by atoms with van der Waals surface area (Å²) in [5.74, 6) is 0.868. The maximum Gasteiger partial charge on any atom is 0.317 e. The second-order valence-corrected chi connectivity index (χ2v) is 7.04. The van der Waals surface area contributed by atoms with Gasteiger partial charge in [-0.2, -0.15) is 0 Å². The average molecular weight is 314 g/mol. The van der Waals surface area contributed by atoms with E-state index in [4.69, 9.17) is 5.11 Å². The number of urea groups is 1. The lowest BCUT2D eigenvalue weighted by Crippen LogP contribution is -2.46. The molecule has 0 radical (unpaired) electrons. The van der Waals surface area contributed by atoms with Crippen LogP contribution in [0.25, 0.3) is 0 Å². The molecule has 0 bridgehead atoms. The third kappa shape index (κ3) is 2.58. The lowest BCUT2D eigenvalue weighted by atomic mass is 9.97. The summed E-state index contributed by atoms with van der Waals surface area (Å²) in [5, 5.41) is 12.1. The molecular weight excluding hydrogens is 292 g/mol. The first-order chi connectivity index (χ1) is 11.1. The molecule has 5 heteroatoms. The highest BCUT2D eigenvalue weighted by Crippen LogP contribution is 2.60. The van der Waals surface area contributed by atoms with E-state index in [2.05, 4.69) is 29.6 Å². The van der Waals surface area contributed by atoms with Crippen LogP contribution in [0.15, 0.2) is 24.3 Å². The number of likely N-dealkylation sites (tertiary alicyclic amines) is 1. The Balaban J connectivity index is 1.26. The Morgan fingerprint density at radius 3 is 2.70 bits per heavy atom. The average Bonchev–Trinajstić information content (AvgIpc) is 3.11. The summed E-state index contributed by atoms with van der Waals surface area (Å²) in [6.07, 6.45) is 2.26. The number of carbonyl (C=O) groups is 2. The summed E-state index contributed by atoms with van der Waals surface area (Å²) >= 11 is 0. The van der Waals surface area contributed by atoms with E-state index in [-0.39, 0.29) is 11.9 Å². The van der Waals surface area contributed by atoms with Gasteiger partial charge in [0.05, 0.1) is 5.92 Å². The molecule has 122 valence electrons. The lowest BCUT2D eigenvalue weighted by molar-refractivity contribution is -0.143. The zero-order valence-corrected chi connectivity index (χ0v) is 13.1. The number of rotatable bonds is 3. The molecule has 1 saturated heterocycles. The fraction of sp³-hybridized carbons (Fsp3) is 0.556. The van der Waals surface area contributed by atoms with E-state index in [9.17, 15) is 9.59 Å². The first kappa shape index (κ1) is 14.5. The third-order valence-electron chi connectivity index (χ3n) is 5.82. The summed E-state index contributed by atoms with van der Waals surface area (Å²) in [7, 11) is 0. The topological polar surface area (TPSA) is 69.6 Å². The van der Waals surface area contributed by atoms with E-state index in [1.807, 2.05) is 0 Å². The number of aliphatic carboxylic acids is 1. The van der Waals surface area contributed by atoms with E-state index in [1.54, 1.807) is 4.90 Å². The molecule has 2 N–H and O–H groups in total. The molecule has 0 spiro atoms. The first-order valence-electron chi connectivity index (χ1n) is 8.48. The molecule has 2 fully saturated rings. The molecule has 0 aromatic heterocycles. The SMILES string of the molecule is O=C(O)C1CCN(C(=O)NCC2C3Cc4ccccc4C23)CC1. The molecule has 1 aromatic rings. The number of nitrogens with zero attached hydrogens (tertiary/aromatic N) is 1. The Morgan fingerprint density at radius 1 is 1.22 bits per heavy atom. The van der Waals surface area contributed by atoms with Gasteiger partial charge in [-0.3, -0.25) is 4.79 Å². The largest absolute Gasteiger partial charge is 0.481 e. The lowest BCUT2D eigenvalue weighted by Gasteiger charge is -2.30. The summed E-state index contributed by atoms with van der Waals surface area (Å²) in [6.45, 7) is 1.83. The Labute approximate surface area is 135 Å². The number of amides is 2. The van der Waals surface area contributed by atoms with Crippen molar-refractivity contribution >= 4 is 12.0 Å². The Kier molecular flexibility index (Phi) is 3.51. The Morgan fingerprint density at radius 2 is 1.96 bits per heavy atom. The molecule has 1 aliphatic heterocycles. The van der Waals surface area contributed by atoms with E-state index in [0.717, 1.165) is 13.0 Å². The van der Waals surface area contributed by atoms with Gasteiger partial charge in [-0.05, 0) is 48.1 Å². The van der Waals surface area contributed by atoms with Crippen LogP contribution < -0.4 is 5.32 Å². The molecule has 3 aliphatic rings. The van der Waals surface area contributed by atoms with Crippen LogP contribution in [0, 0.1) is 17.8 Å². The number of carboxylic acids is 1. The number of carboxylic acid groups (broad SMARTS) is 1. The molecule has 2 amide bonds. The highest BCUT2D eigenvalue weighted by molar-refractivity contribution is 5.75. The van der Waals surface area contributed by atoms with Crippen LogP contribution in [0.2, 0.25) is 0 Å². The van der Waals surface area contributed by atoms with Crippen molar-refractivity contribution in [1.29, 1.82) is 0 Å². The highest BCUT2D eigenvalue weighted by Gasteiger charge is 2.55.